The highest BCUT2D eigenvalue weighted by Gasteiger charge is 2.37. The second-order valence-electron chi connectivity index (χ2n) is 5.31. The van der Waals surface area contributed by atoms with Crippen molar-refractivity contribution in [2.24, 2.45) is 0 Å². The average molecular weight is 297 g/mol. The Labute approximate surface area is 130 Å². The fourth-order valence-electron chi connectivity index (χ4n) is 2.67. The van der Waals surface area contributed by atoms with Gasteiger partial charge in [-0.2, -0.15) is 0 Å². The Kier molecular flexibility index (Phi) is 4.30. The maximum Gasteiger partial charge on any atom is 0.236 e. The summed E-state index contributed by atoms with van der Waals surface area (Å²) in [6.45, 7) is 2.78. The molecule has 1 saturated heterocycles. The van der Waals surface area contributed by atoms with Gasteiger partial charge in [0.25, 0.3) is 0 Å². The van der Waals surface area contributed by atoms with E-state index < -0.39 is 0 Å². The Morgan fingerprint density at radius 3 is 2.29 bits per heavy atom. The number of benzene rings is 2. The van der Waals surface area contributed by atoms with E-state index in [2.05, 4.69) is 24.3 Å². The maximum absolute atomic E-state index is 12.4. The van der Waals surface area contributed by atoms with E-state index in [1.165, 1.54) is 11.1 Å². The lowest BCUT2D eigenvalue weighted by Gasteiger charge is -2.24. The van der Waals surface area contributed by atoms with Crippen LogP contribution in [0, 0.1) is 0 Å². The Morgan fingerprint density at radius 2 is 1.62 bits per heavy atom. The van der Waals surface area contributed by atoms with Crippen LogP contribution in [0.25, 0.3) is 0 Å². The number of hydrogen-bond donors (Lipinski definition) is 0. The Balaban J connectivity index is 1.75. The molecule has 0 radical (unpaired) electrons. The number of nitrogens with zero attached hydrogens (tertiary/aromatic N) is 1. The summed E-state index contributed by atoms with van der Waals surface area (Å²) in [6.07, 6.45) is 0.906. The van der Waals surface area contributed by atoms with Crippen LogP contribution in [0.15, 0.2) is 60.7 Å². The lowest BCUT2D eigenvalue weighted by atomic mass is 10.1. The molecule has 1 aliphatic heterocycles. The summed E-state index contributed by atoms with van der Waals surface area (Å²) in [6, 6.07) is 20.7. The molecule has 3 heteroatoms. The third-order valence-corrected chi connectivity index (χ3v) is 5.21. The SMILES string of the molecule is C[C@@H]1S[C@@H](c2ccccc2)N(CCc2ccccc2)C1=O. The molecule has 2 aromatic rings. The second-order valence-corrected chi connectivity index (χ2v) is 6.73. The molecular weight excluding hydrogens is 278 g/mol. The third-order valence-electron chi connectivity index (χ3n) is 3.82. The van der Waals surface area contributed by atoms with Crippen LogP contribution in [0.2, 0.25) is 0 Å². The van der Waals surface area contributed by atoms with Crippen molar-refractivity contribution < 1.29 is 4.79 Å². The third kappa shape index (κ3) is 3.13. The summed E-state index contributed by atoms with van der Waals surface area (Å²) in [5.41, 5.74) is 2.50. The molecule has 2 aromatic carbocycles. The van der Waals surface area contributed by atoms with Gasteiger partial charge >= 0.3 is 0 Å². The number of amides is 1. The van der Waals surface area contributed by atoms with Crippen molar-refractivity contribution in [2.75, 3.05) is 6.54 Å². The fraction of sp³-hybridized carbons (Fsp3) is 0.278. The lowest BCUT2D eigenvalue weighted by molar-refractivity contribution is -0.129. The molecule has 2 nitrogen and oxygen atoms in total. The summed E-state index contributed by atoms with van der Waals surface area (Å²) in [5, 5.41) is 0.198. The molecule has 0 aliphatic carbocycles. The molecule has 0 aromatic heterocycles. The van der Waals surface area contributed by atoms with Gasteiger partial charge < -0.3 is 4.90 Å². The first-order valence-corrected chi connectivity index (χ1v) is 8.25. The molecule has 1 amide bonds. The van der Waals surface area contributed by atoms with Crippen LogP contribution < -0.4 is 0 Å². The second kappa shape index (κ2) is 6.35. The zero-order valence-electron chi connectivity index (χ0n) is 12.1. The smallest absolute Gasteiger partial charge is 0.236 e. The highest BCUT2D eigenvalue weighted by molar-refractivity contribution is 8.01. The highest BCUT2D eigenvalue weighted by atomic mass is 32.2. The molecule has 2 atom stereocenters. The van der Waals surface area contributed by atoms with E-state index in [0.717, 1.165) is 13.0 Å². The standard InChI is InChI=1S/C18H19NOS/c1-14-17(20)19(13-12-15-8-4-2-5-9-15)18(21-14)16-10-6-3-7-11-16/h2-11,14,18H,12-13H2,1H3/t14-,18-/m0/s1. The molecule has 1 aliphatic rings. The van der Waals surface area contributed by atoms with Crippen LogP contribution >= 0.6 is 11.8 Å². The number of hydrogen-bond acceptors (Lipinski definition) is 2. The monoisotopic (exact) mass is 297 g/mol. The van der Waals surface area contributed by atoms with Crippen molar-refractivity contribution in [3.05, 3.63) is 71.8 Å². The van der Waals surface area contributed by atoms with Gasteiger partial charge in [-0.1, -0.05) is 60.7 Å². The van der Waals surface area contributed by atoms with Crippen LogP contribution in [0.1, 0.15) is 23.4 Å². The van der Waals surface area contributed by atoms with Crippen molar-refractivity contribution in [1.29, 1.82) is 0 Å². The van der Waals surface area contributed by atoms with E-state index in [-0.39, 0.29) is 16.5 Å². The molecule has 1 fully saturated rings. The van der Waals surface area contributed by atoms with Gasteiger partial charge in [-0.25, -0.2) is 0 Å². The van der Waals surface area contributed by atoms with E-state index in [0.29, 0.717) is 0 Å². The average Bonchev–Trinajstić information content (AvgIpc) is 2.82. The zero-order chi connectivity index (χ0) is 14.7. The normalized spacial score (nSPS) is 21.8. The van der Waals surface area contributed by atoms with Crippen LogP contribution in [0.5, 0.6) is 0 Å². The first-order valence-electron chi connectivity index (χ1n) is 7.30. The van der Waals surface area contributed by atoms with Gasteiger partial charge in [0.1, 0.15) is 5.37 Å². The molecule has 1 heterocycles. The first kappa shape index (κ1) is 14.2. The number of thioether (sulfide) groups is 1. The Hall–Kier alpha value is -1.74. The van der Waals surface area contributed by atoms with E-state index in [1.54, 1.807) is 11.8 Å². The van der Waals surface area contributed by atoms with Gasteiger partial charge in [0.05, 0.1) is 5.25 Å². The first-order chi connectivity index (χ1) is 10.3. The van der Waals surface area contributed by atoms with E-state index in [4.69, 9.17) is 0 Å². The molecule has 108 valence electrons. The van der Waals surface area contributed by atoms with Crippen LogP contribution in [0.3, 0.4) is 0 Å². The summed E-state index contributed by atoms with van der Waals surface area (Å²) < 4.78 is 0. The van der Waals surface area contributed by atoms with Crippen LogP contribution in [-0.4, -0.2) is 22.6 Å². The van der Waals surface area contributed by atoms with Gasteiger partial charge in [-0.05, 0) is 24.5 Å². The summed E-state index contributed by atoms with van der Waals surface area (Å²) in [7, 11) is 0. The molecule has 0 bridgehead atoms. The number of carbonyl (C=O) groups is 1. The van der Waals surface area contributed by atoms with Gasteiger partial charge in [0.15, 0.2) is 0 Å². The summed E-state index contributed by atoms with van der Waals surface area (Å²) >= 11 is 1.75. The summed E-state index contributed by atoms with van der Waals surface area (Å²) in [4.78, 5) is 14.4. The van der Waals surface area contributed by atoms with Crippen molar-refractivity contribution >= 4 is 17.7 Å². The molecule has 0 unspecified atom stereocenters. The van der Waals surface area contributed by atoms with Crippen LogP contribution in [-0.2, 0) is 11.2 Å². The molecule has 21 heavy (non-hydrogen) atoms. The molecular formula is C18H19NOS. The number of rotatable bonds is 4. The van der Waals surface area contributed by atoms with Crippen molar-refractivity contribution in [3.63, 3.8) is 0 Å². The minimum Gasteiger partial charge on any atom is -0.325 e. The molecule has 0 N–H and O–H groups in total. The van der Waals surface area contributed by atoms with E-state index >= 15 is 0 Å². The fourth-order valence-corrected chi connectivity index (χ4v) is 3.98. The molecule has 0 spiro atoms. The Morgan fingerprint density at radius 1 is 1.00 bits per heavy atom. The van der Waals surface area contributed by atoms with Gasteiger partial charge in [-0.15, -0.1) is 11.8 Å². The van der Waals surface area contributed by atoms with Crippen molar-refractivity contribution in [3.8, 4) is 0 Å². The van der Waals surface area contributed by atoms with Crippen molar-refractivity contribution in [1.82, 2.24) is 4.90 Å². The quantitative estimate of drug-likeness (QED) is 0.853. The van der Waals surface area contributed by atoms with Gasteiger partial charge in [0, 0.05) is 6.54 Å². The highest BCUT2D eigenvalue weighted by Crippen LogP contribution is 2.42. The van der Waals surface area contributed by atoms with Crippen molar-refractivity contribution in [2.45, 2.75) is 24.0 Å². The van der Waals surface area contributed by atoms with E-state index in [9.17, 15) is 4.79 Å². The predicted molar refractivity (Wildman–Crippen MR) is 88.1 cm³/mol. The maximum atomic E-state index is 12.4. The minimum atomic E-state index is 0.0472. The van der Waals surface area contributed by atoms with E-state index in [1.807, 2.05) is 48.2 Å². The Bertz CT molecular complexity index is 599. The number of carbonyl (C=O) groups excluding carboxylic acids is 1. The minimum absolute atomic E-state index is 0.0472. The van der Waals surface area contributed by atoms with Crippen LogP contribution in [0.4, 0.5) is 0 Å². The molecule has 0 saturated carbocycles. The molecule has 3 rings (SSSR count). The zero-order valence-corrected chi connectivity index (χ0v) is 12.9. The largest absolute Gasteiger partial charge is 0.325 e. The van der Waals surface area contributed by atoms with Gasteiger partial charge in [-0.3, -0.25) is 4.79 Å². The van der Waals surface area contributed by atoms with Gasteiger partial charge in [0.2, 0.25) is 5.91 Å². The summed E-state index contributed by atoms with van der Waals surface area (Å²) in [5.74, 6) is 0.254. The lowest BCUT2D eigenvalue weighted by Crippen LogP contribution is -2.32. The topological polar surface area (TPSA) is 20.3 Å². The predicted octanol–water partition coefficient (Wildman–Crippen LogP) is 3.89.